The molecule has 19 atom stereocenters. The first-order valence-corrected chi connectivity index (χ1v) is 45.0. The fraction of sp³-hybridized carbons (Fsp3) is 0.654. The van der Waals surface area contributed by atoms with Crippen LogP contribution in [0.3, 0.4) is 0 Å². The van der Waals surface area contributed by atoms with Crippen LogP contribution in [0.25, 0.3) is 10.9 Å². The normalized spacial score (nSPS) is 15.7. The van der Waals surface area contributed by atoms with Crippen LogP contribution in [0.15, 0.2) is 30.5 Å². The molecule has 0 bridgehead atoms. The third-order valence-corrected chi connectivity index (χ3v) is 22.3. The number of carbonyl (C=O) groups is 20. The fourth-order valence-electron chi connectivity index (χ4n) is 12.4. The minimum Gasteiger partial charge on any atom is -0.394 e. The molecule has 26 N–H and O–H groups in total. The predicted octanol–water partition coefficient (Wildman–Crippen LogP) is -5.79. The Morgan fingerprint density at radius 2 is 0.719 bits per heavy atom. The van der Waals surface area contributed by atoms with Crippen molar-refractivity contribution in [3.8, 4) is 0 Å². The SMILES string of the molecule is CC[C@H](NC(=O)CNC(=O)[C@H](CS)NC(=O)[C@H](CCC(N)=O)NC(=O)[C@@H](NC(=O)[C@H](CC)NC(=O)[C@H](CC(C)C)NC(=O)[C@H](CC)NC(=O)[C@H](C)NC(=O)[C@@H](NC(=O)[C@H](Cc1c[nH]c2ccccc12)NC(=O)CNC(=O)[C@H](CO)NC(=O)[C@@H](N)CS)C(C)C)[C@@H](C)CC)C(=O)N[C@H](C(=O)N[C@H](C(=O)N[C@@H](CS)C(=O)N[C@@H](C)C(=O)N[C@@H](CS)C(N)=O)[C@@H](C)CC)C(C)C. The molecule has 20 amide bonds. The first kappa shape index (κ1) is 114. The number of amides is 20. The largest absolute Gasteiger partial charge is 0.394 e. The van der Waals surface area contributed by atoms with Gasteiger partial charge in [0.05, 0.1) is 25.7 Å². The fourth-order valence-corrected chi connectivity index (χ4v) is 13.4. The van der Waals surface area contributed by atoms with Crippen molar-refractivity contribution in [3.05, 3.63) is 36.0 Å². The summed E-state index contributed by atoms with van der Waals surface area (Å²) in [5, 5.41) is 55.8. The minimum absolute atomic E-state index is 0.00688. The second-order valence-corrected chi connectivity index (χ2v) is 33.6. The van der Waals surface area contributed by atoms with Crippen molar-refractivity contribution >= 4 is 180 Å². The van der Waals surface area contributed by atoms with Crippen molar-refractivity contribution in [2.75, 3.05) is 42.7 Å². The van der Waals surface area contributed by atoms with E-state index in [1.165, 1.54) is 13.8 Å². The highest BCUT2D eigenvalue weighted by molar-refractivity contribution is 7.80. The molecule has 0 aliphatic rings. The van der Waals surface area contributed by atoms with E-state index in [0.29, 0.717) is 22.9 Å². The van der Waals surface area contributed by atoms with Gasteiger partial charge in [-0.1, -0.05) is 121 Å². The number of aromatic nitrogens is 1. The van der Waals surface area contributed by atoms with E-state index >= 15 is 0 Å². The highest BCUT2D eigenvalue weighted by atomic mass is 32.1. The Kier molecular flexibility index (Phi) is 50.9. The predicted molar refractivity (Wildman–Crippen MR) is 487 cm³/mol. The molecule has 0 saturated carbocycles. The molecule has 0 aliphatic carbocycles. The molecule has 43 nitrogen and oxygen atoms in total. The van der Waals surface area contributed by atoms with Crippen molar-refractivity contribution in [2.45, 2.75) is 264 Å². The first-order valence-electron chi connectivity index (χ1n) is 42.5. The zero-order valence-electron chi connectivity index (χ0n) is 75.0. The molecule has 1 aromatic carbocycles. The number of aromatic amines is 1. The maximum atomic E-state index is 14.4. The number of H-pyrrole nitrogens is 1. The molecule has 0 aliphatic heterocycles. The van der Waals surface area contributed by atoms with Gasteiger partial charge in [0.15, 0.2) is 0 Å². The molecular formula is C81H134N22O21S4. The van der Waals surface area contributed by atoms with Crippen LogP contribution >= 0.6 is 50.5 Å². The number of aliphatic hydroxyl groups is 1. The second kappa shape index (κ2) is 57.4. The number of carbonyl (C=O) groups excluding carboxylic acids is 20. The van der Waals surface area contributed by atoms with E-state index in [4.69, 9.17) is 17.2 Å². The number of benzene rings is 1. The van der Waals surface area contributed by atoms with E-state index in [0.717, 1.165) is 0 Å². The summed E-state index contributed by atoms with van der Waals surface area (Å²) in [5.41, 5.74) is 17.7. The molecule has 718 valence electrons. The lowest BCUT2D eigenvalue weighted by Crippen LogP contribution is -2.61. The quantitative estimate of drug-likeness (QED) is 0.0274. The Balaban J connectivity index is 2.23. The summed E-state index contributed by atoms with van der Waals surface area (Å²) in [6.07, 6.45) is 1.06. The van der Waals surface area contributed by atoms with Crippen molar-refractivity contribution < 1.29 is 101 Å². The maximum absolute atomic E-state index is 14.4. The standard InChI is InChI=1S/C81H134N22O21S4/c1-16-40(12)63(80(123)94-51(25-26-58(83)105)74(117)98-56(35-127)70(113)87-30-59(106)90-47(18-3)72(115)100-62(39(10)11)79(122)103-64(41(13)17-2)81(124)99-57(36-128)77(120)88-42(14)67(110)97-55(34-126)65(84)108)102-73(116)49(20-5)93-75(118)52(27-37(6)7)95-71(114)48(19-4)92-66(109)43(15)89-78(121)61(38(8)9)101-76(119)53(28-44-29-85-50-24-22-21-23-45(44)50)91-60(107)31-86-69(112)54(32-104)96-68(111)46(82)33-125/h21-24,29,37-43,46-49,51-57,61-64,85,104,125-128H,16-20,25-28,30-36,82H2,1-15H3,(H2,83,105)(H2,84,108)(H,86,112)(H,87,113)(H,88,120)(H,89,121)(H,90,106)(H,91,107)(H,92,109)(H,93,118)(H,94,123)(H,95,114)(H,96,111)(H,97,110)(H,98,117)(H,99,124)(H,100,115)(H,101,119)(H,102,116)(H,103,122)/t40-,41-,42-,43-,46-,47-,48-,49-,51-,52-,53-,54-,55-,56-,57-,61-,62-,63-,64-/m0/s1. The van der Waals surface area contributed by atoms with E-state index in [9.17, 15) is 101 Å². The van der Waals surface area contributed by atoms with Crippen LogP contribution < -0.4 is 113 Å². The van der Waals surface area contributed by atoms with Gasteiger partial charge < -0.3 is 123 Å². The number of nitrogens with two attached hydrogens (primary N) is 3. The van der Waals surface area contributed by atoms with Gasteiger partial charge in [-0.2, -0.15) is 50.5 Å². The molecule has 0 radical (unpaired) electrons. The second-order valence-electron chi connectivity index (χ2n) is 32.2. The topological polar surface area (TPSA) is 672 Å². The van der Waals surface area contributed by atoms with Gasteiger partial charge in [-0.15, -0.1) is 0 Å². The molecule has 47 heteroatoms. The number of hydrogen-bond donors (Lipinski definition) is 27. The van der Waals surface area contributed by atoms with Crippen molar-refractivity contribution in [3.63, 3.8) is 0 Å². The molecule has 0 saturated heterocycles. The van der Waals surface area contributed by atoms with E-state index < -0.39 is 283 Å². The summed E-state index contributed by atoms with van der Waals surface area (Å²) in [5.74, 6) is -20.9. The van der Waals surface area contributed by atoms with Crippen LogP contribution in [0.5, 0.6) is 0 Å². The summed E-state index contributed by atoms with van der Waals surface area (Å²) >= 11 is 16.4. The number of aliphatic hydroxyl groups excluding tert-OH is 1. The monoisotopic (exact) mass is 1880 g/mol. The molecule has 1 heterocycles. The summed E-state index contributed by atoms with van der Waals surface area (Å²) in [6, 6.07) is -15.7. The van der Waals surface area contributed by atoms with Crippen LogP contribution in [0.4, 0.5) is 0 Å². The zero-order valence-corrected chi connectivity index (χ0v) is 78.6. The Bertz CT molecular complexity index is 4160. The third kappa shape index (κ3) is 37.7. The summed E-state index contributed by atoms with van der Waals surface area (Å²) in [6.45, 7) is 21.6. The van der Waals surface area contributed by atoms with Gasteiger partial charge in [0, 0.05) is 53.0 Å². The molecule has 0 unspecified atom stereocenters. The molecule has 0 spiro atoms. The summed E-state index contributed by atoms with van der Waals surface area (Å²) in [4.78, 5) is 274. The van der Waals surface area contributed by atoms with Gasteiger partial charge >= 0.3 is 0 Å². The lowest BCUT2D eigenvalue weighted by molar-refractivity contribution is -0.136. The van der Waals surface area contributed by atoms with Crippen molar-refractivity contribution in [1.29, 1.82) is 0 Å². The maximum Gasteiger partial charge on any atom is 0.245 e. The molecule has 128 heavy (non-hydrogen) atoms. The molecule has 1 aromatic heterocycles. The van der Waals surface area contributed by atoms with Gasteiger partial charge in [-0.3, -0.25) is 95.9 Å². The Morgan fingerprint density at radius 1 is 0.367 bits per heavy atom. The molecule has 0 fully saturated rings. The van der Waals surface area contributed by atoms with E-state index in [1.54, 1.807) is 120 Å². The number of hydrogen-bond acceptors (Lipinski definition) is 26. The highest BCUT2D eigenvalue weighted by Crippen LogP contribution is 2.21. The molecular weight excluding hydrogens is 1750 g/mol. The Labute approximate surface area is 767 Å². The Morgan fingerprint density at radius 3 is 1.17 bits per heavy atom. The van der Waals surface area contributed by atoms with Crippen LogP contribution in [-0.2, 0) is 102 Å². The lowest BCUT2D eigenvalue weighted by atomic mass is 9.96. The third-order valence-electron chi connectivity index (χ3n) is 20.8. The smallest absolute Gasteiger partial charge is 0.245 e. The zero-order chi connectivity index (χ0) is 97.3. The van der Waals surface area contributed by atoms with Crippen LogP contribution in [0.2, 0.25) is 0 Å². The average molecular weight is 1880 g/mol. The van der Waals surface area contributed by atoms with Gasteiger partial charge in [0.25, 0.3) is 0 Å². The van der Waals surface area contributed by atoms with Crippen molar-refractivity contribution in [2.24, 2.45) is 46.8 Å². The molecule has 2 aromatic rings. The van der Waals surface area contributed by atoms with Crippen LogP contribution in [0.1, 0.15) is 161 Å². The van der Waals surface area contributed by atoms with Crippen LogP contribution in [-0.4, -0.2) is 274 Å². The minimum atomic E-state index is -1.61. The van der Waals surface area contributed by atoms with Gasteiger partial charge in [0.2, 0.25) is 118 Å². The number of nitrogens with one attached hydrogen (secondary N) is 19. The Hall–Kier alpha value is -10.5. The number of thiol groups is 4. The van der Waals surface area contributed by atoms with Gasteiger partial charge in [-0.05, 0) is 87.2 Å². The van der Waals surface area contributed by atoms with Gasteiger partial charge in [0.1, 0.15) is 96.7 Å². The number of fused-ring (bicyclic) bond motifs is 1. The number of para-hydroxylation sites is 1. The highest BCUT2D eigenvalue weighted by Gasteiger charge is 2.40. The van der Waals surface area contributed by atoms with E-state index in [1.807, 2.05) is 0 Å². The average Bonchev–Trinajstić information content (AvgIpc) is 1.66. The lowest BCUT2D eigenvalue weighted by Gasteiger charge is -2.30. The van der Waals surface area contributed by atoms with Gasteiger partial charge in [-0.25, -0.2) is 0 Å². The first-order chi connectivity index (χ1) is 60.2. The van der Waals surface area contributed by atoms with Crippen LogP contribution in [0, 0.1) is 29.6 Å². The van der Waals surface area contributed by atoms with Crippen molar-refractivity contribution in [1.82, 2.24) is 101 Å². The van der Waals surface area contributed by atoms with E-state index in [-0.39, 0.29) is 61.7 Å². The summed E-state index contributed by atoms with van der Waals surface area (Å²) in [7, 11) is 0. The number of primary amides is 2. The molecule has 2 rings (SSSR count). The summed E-state index contributed by atoms with van der Waals surface area (Å²) < 4.78 is 0. The number of rotatable bonds is 58. The van der Waals surface area contributed by atoms with E-state index in [2.05, 4.69) is 151 Å².